The van der Waals surface area contributed by atoms with Crippen LogP contribution in [-0.2, 0) is 18.3 Å². The number of aliphatic carboxylic acids is 1. The summed E-state index contributed by atoms with van der Waals surface area (Å²) in [5.74, 6) is 0.240. The topological polar surface area (TPSA) is 73.6 Å². The van der Waals surface area contributed by atoms with Gasteiger partial charge < -0.3 is 14.6 Å². The number of carboxylic acid groups (broad SMARTS) is 1. The van der Waals surface area contributed by atoms with Crippen molar-refractivity contribution < 1.29 is 19.4 Å². The van der Waals surface area contributed by atoms with Crippen LogP contribution in [0.2, 0.25) is 10.0 Å². The summed E-state index contributed by atoms with van der Waals surface area (Å²) in [5, 5.41) is 14.0. The van der Waals surface area contributed by atoms with E-state index in [9.17, 15) is 4.79 Å². The van der Waals surface area contributed by atoms with E-state index >= 15 is 0 Å². The van der Waals surface area contributed by atoms with Gasteiger partial charge in [-0.1, -0.05) is 44.0 Å². The monoisotopic (exact) mass is 400 g/mol. The number of nitrogens with zero attached hydrogens (tertiary/aromatic N) is 2. The number of rotatable bonds is 7. The molecule has 1 atom stereocenters. The van der Waals surface area contributed by atoms with Gasteiger partial charge >= 0.3 is 5.97 Å². The maximum absolute atomic E-state index is 11.0. The van der Waals surface area contributed by atoms with Crippen LogP contribution in [-0.4, -0.2) is 27.0 Å². The maximum atomic E-state index is 11.0. The lowest BCUT2D eigenvalue weighted by atomic mass is 10.0. The molecule has 0 fully saturated rings. The minimum atomic E-state index is -1.10. The number of hydrogen-bond acceptors (Lipinski definition) is 4. The Morgan fingerprint density at radius 3 is 2.38 bits per heavy atom. The highest BCUT2D eigenvalue weighted by Crippen LogP contribution is 2.40. The highest BCUT2D eigenvalue weighted by atomic mass is 35.5. The van der Waals surface area contributed by atoms with Crippen molar-refractivity contribution >= 4 is 29.2 Å². The lowest BCUT2D eigenvalue weighted by molar-refractivity contribution is -0.144. The van der Waals surface area contributed by atoms with Gasteiger partial charge in [0, 0.05) is 18.7 Å². The molecule has 1 aromatic carbocycles. The van der Waals surface area contributed by atoms with Gasteiger partial charge in [0.1, 0.15) is 5.75 Å². The van der Waals surface area contributed by atoms with Crippen molar-refractivity contribution in [2.75, 3.05) is 0 Å². The van der Waals surface area contributed by atoms with Crippen LogP contribution in [0.15, 0.2) is 12.1 Å². The van der Waals surface area contributed by atoms with Gasteiger partial charge in [-0.3, -0.25) is 0 Å². The quantitative estimate of drug-likeness (QED) is 0.702. The molecule has 6 nitrogen and oxygen atoms in total. The van der Waals surface area contributed by atoms with Crippen molar-refractivity contribution in [1.82, 2.24) is 9.78 Å². The Labute approximate surface area is 162 Å². The third-order valence-corrected chi connectivity index (χ3v) is 4.45. The van der Waals surface area contributed by atoms with Gasteiger partial charge in [0.05, 0.1) is 15.7 Å². The normalized spacial score (nSPS) is 12.3. The SMILES string of the molecule is CCc1c(C(C)C)nn(C)c1Oc1cc(O[C@@H](C)C(=O)O)c(Cl)cc1Cl. The molecular weight excluding hydrogens is 379 g/mol. The van der Waals surface area contributed by atoms with E-state index in [1.807, 2.05) is 6.92 Å². The second kappa shape index (κ2) is 8.18. The molecule has 142 valence electrons. The Morgan fingerprint density at radius 2 is 1.85 bits per heavy atom. The molecule has 2 aromatic rings. The Balaban J connectivity index is 2.43. The number of carboxylic acids is 1. The Morgan fingerprint density at radius 1 is 1.23 bits per heavy atom. The highest BCUT2D eigenvalue weighted by molar-refractivity contribution is 6.36. The van der Waals surface area contributed by atoms with Crippen LogP contribution in [0.3, 0.4) is 0 Å². The number of aryl methyl sites for hydroxylation is 1. The number of benzene rings is 1. The molecule has 0 bridgehead atoms. The molecule has 0 saturated heterocycles. The molecule has 0 spiro atoms. The van der Waals surface area contributed by atoms with E-state index in [4.69, 9.17) is 37.8 Å². The third-order valence-electron chi connectivity index (χ3n) is 3.86. The molecule has 8 heteroatoms. The molecule has 0 radical (unpaired) electrons. The second-order valence-electron chi connectivity index (χ2n) is 6.21. The van der Waals surface area contributed by atoms with Gasteiger partial charge in [-0.25, -0.2) is 9.48 Å². The molecule has 0 aliphatic rings. The van der Waals surface area contributed by atoms with Crippen molar-refractivity contribution in [3.63, 3.8) is 0 Å². The number of halogens is 2. The van der Waals surface area contributed by atoms with Crippen molar-refractivity contribution in [1.29, 1.82) is 0 Å². The molecule has 2 rings (SSSR count). The van der Waals surface area contributed by atoms with Crippen molar-refractivity contribution in [3.05, 3.63) is 33.4 Å². The Hall–Kier alpha value is -1.92. The summed E-state index contributed by atoms with van der Waals surface area (Å²) in [6.07, 6.45) is -0.307. The first-order chi connectivity index (χ1) is 12.1. The third kappa shape index (κ3) is 4.24. The van der Waals surface area contributed by atoms with Gasteiger partial charge in [-0.05, 0) is 25.3 Å². The number of aromatic nitrogens is 2. The van der Waals surface area contributed by atoms with Crippen LogP contribution in [0.4, 0.5) is 0 Å². The average molecular weight is 401 g/mol. The first-order valence-electron chi connectivity index (χ1n) is 8.27. The second-order valence-corrected chi connectivity index (χ2v) is 7.03. The van der Waals surface area contributed by atoms with Crippen LogP contribution in [0, 0.1) is 0 Å². The zero-order chi connectivity index (χ0) is 19.6. The molecule has 0 unspecified atom stereocenters. The summed E-state index contributed by atoms with van der Waals surface area (Å²) in [6, 6.07) is 2.96. The van der Waals surface area contributed by atoms with Crippen molar-refractivity contribution in [3.8, 4) is 17.4 Å². The summed E-state index contributed by atoms with van der Waals surface area (Å²) >= 11 is 12.4. The fourth-order valence-corrected chi connectivity index (χ4v) is 2.99. The van der Waals surface area contributed by atoms with Gasteiger partial charge in [-0.2, -0.15) is 5.10 Å². The Bertz CT molecular complexity index is 818. The van der Waals surface area contributed by atoms with Crippen LogP contribution in [0.5, 0.6) is 17.4 Å². The molecule has 1 heterocycles. The summed E-state index contributed by atoms with van der Waals surface area (Å²) in [6.45, 7) is 7.58. The van der Waals surface area contributed by atoms with Gasteiger partial charge in [0.25, 0.3) is 0 Å². The molecule has 1 N–H and O–H groups in total. The highest BCUT2D eigenvalue weighted by Gasteiger charge is 2.21. The lowest BCUT2D eigenvalue weighted by Crippen LogP contribution is -2.23. The zero-order valence-corrected chi connectivity index (χ0v) is 16.9. The molecule has 0 amide bonds. The van der Waals surface area contributed by atoms with Gasteiger partial charge in [0.15, 0.2) is 11.9 Å². The molecule has 0 saturated carbocycles. The van der Waals surface area contributed by atoms with Crippen LogP contribution < -0.4 is 9.47 Å². The molecule has 0 aliphatic heterocycles. The fourth-order valence-electron chi connectivity index (χ4n) is 2.52. The molecular formula is C18H22Cl2N2O4. The van der Waals surface area contributed by atoms with E-state index in [1.54, 1.807) is 11.7 Å². The van der Waals surface area contributed by atoms with E-state index < -0.39 is 12.1 Å². The molecule has 26 heavy (non-hydrogen) atoms. The van der Waals surface area contributed by atoms with Crippen molar-refractivity contribution in [2.24, 2.45) is 7.05 Å². The van der Waals surface area contributed by atoms with E-state index in [1.165, 1.54) is 19.1 Å². The summed E-state index contributed by atoms with van der Waals surface area (Å²) in [7, 11) is 1.80. The first kappa shape index (κ1) is 20.4. The molecule has 1 aromatic heterocycles. The van der Waals surface area contributed by atoms with Gasteiger partial charge in [-0.15, -0.1) is 0 Å². The summed E-state index contributed by atoms with van der Waals surface area (Å²) < 4.78 is 13.1. The zero-order valence-electron chi connectivity index (χ0n) is 15.3. The predicted octanol–water partition coefficient (Wildman–Crippen LogP) is 5.06. The maximum Gasteiger partial charge on any atom is 0.344 e. The number of ether oxygens (including phenoxy) is 2. The van der Waals surface area contributed by atoms with E-state index in [0.29, 0.717) is 16.7 Å². The minimum absolute atomic E-state index is 0.185. The number of hydrogen-bond donors (Lipinski definition) is 1. The predicted molar refractivity (Wildman–Crippen MR) is 101 cm³/mol. The minimum Gasteiger partial charge on any atom is -0.479 e. The molecule has 0 aliphatic carbocycles. The van der Waals surface area contributed by atoms with Crippen LogP contribution >= 0.6 is 23.2 Å². The number of carbonyl (C=O) groups is 1. The van der Waals surface area contributed by atoms with E-state index in [2.05, 4.69) is 18.9 Å². The van der Waals surface area contributed by atoms with Crippen LogP contribution in [0.1, 0.15) is 44.9 Å². The fraction of sp³-hybridized carbons (Fsp3) is 0.444. The van der Waals surface area contributed by atoms with E-state index in [0.717, 1.165) is 17.7 Å². The van der Waals surface area contributed by atoms with Crippen LogP contribution in [0.25, 0.3) is 0 Å². The summed E-state index contributed by atoms with van der Waals surface area (Å²) in [5.41, 5.74) is 1.96. The van der Waals surface area contributed by atoms with E-state index in [-0.39, 0.29) is 16.7 Å². The summed E-state index contributed by atoms with van der Waals surface area (Å²) in [4.78, 5) is 11.0. The first-order valence-corrected chi connectivity index (χ1v) is 9.03. The standard InChI is InChI=1S/C18H22Cl2N2O4/c1-6-11-16(9(2)3)21-22(5)17(11)26-15-8-14(12(19)7-13(15)20)25-10(4)18(23)24/h7-10H,6H2,1-5H3,(H,23,24)/t10-/m0/s1. The van der Waals surface area contributed by atoms with Gasteiger partial charge in [0.2, 0.25) is 5.88 Å². The lowest BCUT2D eigenvalue weighted by Gasteiger charge is -2.15. The average Bonchev–Trinajstić information content (AvgIpc) is 2.87. The largest absolute Gasteiger partial charge is 0.479 e. The smallest absolute Gasteiger partial charge is 0.344 e. The Kier molecular flexibility index (Phi) is 6.42. The van der Waals surface area contributed by atoms with Crippen molar-refractivity contribution in [2.45, 2.75) is 46.1 Å².